The summed E-state index contributed by atoms with van der Waals surface area (Å²) < 4.78 is 22.9. The minimum Gasteiger partial charge on any atom is -0.504 e. The van der Waals surface area contributed by atoms with E-state index >= 15 is 0 Å². The van der Waals surface area contributed by atoms with Gasteiger partial charge in [0.05, 0.1) is 7.11 Å². The molecule has 2 atom stereocenters. The van der Waals surface area contributed by atoms with E-state index in [1.165, 1.54) is 7.11 Å². The normalized spacial score (nSPS) is 20.1. The van der Waals surface area contributed by atoms with Gasteiger partial charge < -0.3 is 24.1 Å². The lowest BCUT2D eigenvalue weighted by molar-refractivity contribution is 0.172. The zero-order chi connectivity index (χ0) is 17.6. The lowest BCUT2D eigenvalue weighted by Gasteiger charge is -2.17. The Morgan fingerprint density at radius 1 is 1.28 bits per heavy atom. The summed E-state index contributed by atoms with van der Waals surface area (Å²) in [5.41, 5.74) is 3.01. The first kappa shape index (κ1) is 15.7. The molecule has 5 nitrogen and oxygen atoms in total. The molecular formula is C20H20O5. The molecule has 4 rings (SSSR count). The maximum atomic E-state index is 9.84. The Balaban J connectivity index is 1.80. The first-order valence-corrected chi connectivity index (χ1v) is 8.23. The molecule has 0 radical (unpaired) electrons. The molecule has 0 saturated carbocycles. The maximum Gasteiger partial charge on any atom is 0.231 e. The average Bonchev–Trinajstić information content (AvgIpc) is 3.20. The number of ether oxygens (including phenoxy) is 4. The number of methoxy groups -OCH3 is 1. The van der Waals surface area contributed by atoms with Crippen molar-refractivity contribution in [3.8, 4) is 28.7 Å². The van der Waals surface area contributed by atoms with E-state index < -0.39 is 0 Å². The van der Waals surface area contributed by atoms with Gasteiger partial charge in [0, 0.05) is 17.0 Å². The molecular weight excluding hydrogens is 320 g/mol. The predicted molar refractivity (Wildman–Crippen MR) is 92.9 cm³/mol. The molecule has 0 amide bonds. The monoisotopic (exact) mass is 340 g/mol. The fraction of sp³-hybridized carbons (Fsp3) is 0.300. The summed E-state index contributed by atoms with van der Waals surface area (Å²) in [7, 11) is 1.53. The SMILES string of the molecule is C=CCc1cc2c(c3c1O[C@@H](c1ccc(O)c(OC)c1)[C@@H]3C)OCO2. The lowest BCUT2D eigenvalue weighted by atomic mass is 9.90. The topological polar surface area (TPSA) is 57.2 Å². The Morgan fingerprint density at radius 2 is 2.12 bits per heavy atom. The van der Waals surface area contributed by atoms with Crippen LogP contribution < -0.4 is 18.9 Å². The molecule has 0 fully saturated rings. The van der Waals surface area contributed by atoms with Gasteiger partial charge >= 0.3 is 0 Å². The number of allylic oxidation sites excluding steroid dienone is 1. The van der Waals surface area contributed by atoms with Crippen LogP contribution in [0.4, 0.5) is 0 Å². The summed E-state index contributed by atoms with van der Waals surface area (Å²) in [6.45, 7) is 6.16. The van der Waals surface area contributed by atoms with Gasteiger partial charge in [-0.2, -0.15) is 0 Å². The minimum atomic E-state index is -0.191. The molecule has 0 saturated heterocycles. The van der Waals surface area contributed by atoms with E-state index in [2.05, 4.69) is 13.5 Å². The Morgan fingerprint density at radius 3 is 2.88 bits per heavy atom. The minimum absolute atomic E-state index is 0.0736. The Bertz CT molecular complexity index is 842. The molecule has 0 unspecified atom stereocenters. The highest BCUT2D eigenvalue weighted by atomic mass is 16.7. The molecule has 2 aliphatic heterocycles. The molecule has 5 heteroatoms. The van der Waals surface area contributed by atoms with E-state index in [-0.39, 0.29) is 24.6 Å². The standard InChI is InChI=1S/C20H20O5/c1-4-5-12-9-16-20(24-10-23-16)17-11(2)18(25-19(12)17)13-6-7-14(21)15(8-13)22-3/h4,6-9,11,18,21H,1,5,10H2,2-3H3/t11-,18-/m1/s1. The maximum absolute atomic E-state index is 9.84. The summed E-state index contributed by atoms with van der Waals surface area (Å²) in [5.74, 6) is 2.98. The number of rotatable bonds is 4. The third-order valence-corrected chi connectivity index (χ3v) is 4.78. The van der Waals surface area contributed by atoms with Crippen LogP contribution in [0.1, 0.15) is 35.6 Å². The van der Waals surface area contributed by atoms with Crippen molar-refractivity contribution in [1.82, 2.24) is 0 Å². The molecule has 1 N–H and O–H groups in total. The number of fused-ring (bicyclic) bond motifs is 3. The Hall–Kier alpha value is -2.82. The van der Waals surface area contributed by atoms with E-state index in [1.54, 1.807) is 6.07 Å². The van der Waals surface area contributed by atoms with Gasteiger partial charge in [-0.3, -0.25) is 0 Å². The predicted octanol–water partition coefficient (Wildman–Crippen LogP) is 4.10. The number of benzene rings is 2. The number of hydrogen-bond acceptors (Lipinski definition) is 5. The third-order valence-electron chi connectivity index (χ3n) is 4.78. The quantitative estimate of drug-likeness (QED) is 0.850. The summed E-state index contributed by atoms with van der Waals surface area (Å²) in [6.07, 6.45) is 2.35. The first-order chi connectivity index (χ1) is 12.1. The zero-order valence-corrected chi connectivity index (χ0v) is 14.2. The van der Waals surface area contributed by atoms with Crippen molar-refractivity contribution >= 4 is 0 Å². The van der Waals surface area contributed by atoms with Crippen molar-refractivity contribution in [2.75, 3.05) is 13.9 Å². The second-order valence-electron chi connectivity index (χ2n) is 6.26. The van der Waals surface area contributed by atoms with Gasteiger partial charge in [0.25, 0.3) is 0 Å². The van der Waals surface area contributed by atoms with Crippen LogP contribution in [0.5, 0.6) is 28.7 Å². The summed E-state index contributed by atoms with van der Waals surface area (Å²) in [6, 6.07) is 7.26. The van der Waals surface area contributed by atoms with Gasteiger partial charge in [-0.1, -0.05) is 19.1 Å². The highest BCUT2D eigenvalue weighted by Gasteiger charge is 2.39. The molecule has 0 aliphatic carbocycles. The fourth-order valence-corrected chi connectivity index (χ4v) is 3.57. The van der Waals surface area contributed by atoms with Crippen molar-refractivity contribution in [3.05, 3.63) is 53.6 Å². The fourth-order valence-electron chi connectivity index (χ4n) is 3.57. The van der Waals surface area contributed by atoms with Gasteiger partial charge in [0.15, 0.2) is 23.0 Å². The highest BCUT2D eigenvalue weighted by Crippen LogP contribution is 2.56. The van der Waals surface area contributed by atoms with Gasteiger partial charge in [-0.05, 0) is 30.2 Å². The van der Waals surface area contributed by atoms with E-state index in [9.17, 15) is 5.11 Å². The number of aromatic hydroxyl groups is 1. The van der Waals surface area contributed by atoms with Crippen LogP contribution in [0, 0.1) is 0 Å². The van der Waals surface area contributed by atoms with E-state index in [0.29, 0.717) is 12.2 Å². The molecule has 25 heavy (non-hydrogen) atoms. The van der Waals surface area contributed by atoms with Crippen molar-refractivity contribution < 1.29 is 24.1 Å². The Kier molecular flexibility index (Phi) is 3.71. The number of phenolic OH excluding ortho intramolecular Hbond substituents is 1. The molecule has 0 aromatic heterocycles. The second-order valence-corrected chi connectivity index (χ2v) is 6.26. The molecule has 0 bridgehead atoms. The second kappa shape index (κ2) is 5.92. The van der Waals surface area contributed by atoms with Crippen LogP contribution in [0.2, 0.25) is 0 Å². The summed E-state index contributed by atoms with van der Waals surface area (Å²) >= 11 is 0. The zero-order valence-electron chi connectivity index (χ0n) is 14.2. The van der Waals surface area contributed by atoms with E-state index in [0.717, 1.165) is 33.9 Å². The molecule has 2 heterocycles. The van der Waals surface area contributed by atoms with Crippen molar-refractivity contribution in [3.63, 3.8) is 0 Å². The highest BCUT2D eigenvalue weighted by molar-refractivity contribution is 5.63. The smallest absolute Gasteiger partial charge is 0.231 e. The van der Waals surface area contributed by atoms with E-state index in [1.807, 2.05) is 24.3 Å². The molecule has 2 aromatic carbocycles. The van der Waals surface area contributed by atoms with Gasteiger partial charge in [0.2, 0.25) is 6.79 Å². The lowest BCUT2D eigenvalue weighted by Crippen LogP contribution is -2.08. The van der Waals surface area contributed by atoms with E-state index in [4.69, 9.17) is 18.9 Å². The average molecular weight is 340 g/mol. The van der Waals surface area contributed by atoms with Gasteiger partial charge in [-0.15, -0.1) is 6.58 Å². The molecule has 0 spiro atoms. The molecule has 2 aliphatic rings. The van der Waals surface area contributed by atoms with Gasteiger partial charge in [0.1, 0.15) is 11.9 Å². The van der Waals surface area contributed by atoms with Crippen molar-refractivity contribution in [2.24, 2.45) is 0 Å². The summed E-state index contributed by atoms with van der Waals surface area (Å²) in [5, 5.41) is 9.84. The van der Waals surface area contributed by atoms with Crippen LogP contribution >= 0.6 is 0 Å². The van der Waals surface area contributed by atoms with Crippen molar-refractivity contribution in [2.45, 2.75) is 25.4 Å². The Labute approximate surface area is 146 Å². The van der Waals surface area contributed by atoms with Gasteiger partial charge in [-0.25, -0.2) is 0 Å². The largest absolute Gasteiger partial charge is 0.504 e. The van der Waals surface area contributed by atoms with Crippen LogP contribution in [-0.4, -0.2) is 19.0 Å². The first-order valence-electron chi connectivity index (χ1n) is 8.23. The van der Waals surface area contributed by atoms with Crippen LogP contribution in [0.25, 0.3) is 0 Å². The van der Waals surface area contributed by atoms with Crippen LogP contribution in [-0.2, 0) is 6.42 Å². The third kappa shape index (κ3) is 2.38. The number of phenols is 1. The summed E-state index contributed by atoms with van der Waals surface area (Å²) in [4.78, 5) is 0. The van der Waals surface area contributed by atoms with Crippen LogP contribution in [0.3, 0.4) is 0 Å². The molecule has 2 aromatic rings. The molecule has 130 valence electrons. The van der Waals surface area contributed by atoms with Crippen LogP contribution in [0.15, 0.2) is 36.9 Å². The van der Waals surface area contributed by atoms with Crippen molar-refractivity contribution in [1.29, 1.82) is 0 Å². The number of hydrogen-bond donors (Lipinski definition) is 1.